The molecule has 0 spiro atoms. The predicted molar refractivity (Wildman–Crippen MR) is 107 cm³/mol. The Bertz CT molecular complexity index is 767. The lowest BCUT2D eigenvalue weighted by atomic mass is 9.87. The molecule has 1 aromatic carbocycles. The maximum Gasteiger partial charge on any atom is 0.344 e. The first-order valence-corrected chi connectivity index (χ1v) is 9.76. The fourth-order valence-corrected chi connectivity index (χ4v) is 3.25. The van der Waals surface area contributed by atoms with Crippen LogP contribution in [0.1, 0.15) is 39.7 Å². The normalized spacial score (nSPS) is 18.9. The van der Waals surface area contributed by atoms with Crippen molar-refractivity contribution in [1.29, 1.82) is 0 Å². The standard InChI is InChI=1S/C20H29N5O4/c1-5-20(15-10-8-7-9-11-15)18(28)25(19(29)22-20)23-17(27)13-24(6-2)12-16(26)21-14(3)4/h7-11,14H,5-6,12-13H2,1-4H3,(H,21,26)(H,22,29)(H,23,27)/t20-/m0/s1. The molecule has 5 amide bonds. The Labute approximate surface area is 170 Å². The number of carbonyl (C=O) groups excluding carboxylic acids is 4. The van der Waals surface area contributed by atoms with E-state index in [1.54, 1.807) is 36.1 Å². The third-order valence-electron chi connectivity index (χ3n) is 4.76. The number of rotatable bonds is 9. The van der Waals surface area contributed by atoms with E-state index in [2.05, 4.69) is 16.1 Å². The highest BCUT2D eigenvalue weighted by Gasteiger charge is 2.52. The van der Waals surface area contributed by atoms with Crippen LogP contribution in [0.3, 0.4) is 0 Å². The van der Waals surface area contributed by atoms with Gasteiger partial charge in [0.05, 0.1) is 13.1 Å². The van der Waals surface area contributed by atoms with Crippen molar-refractivity contribution >= 4 is 23.8 Å². The lowest BCUT2D eigenvalue weighted by Crippen LogP contribution is -2.52. The molecule has 0 bridgehead atoms. The second-order valence-electron chi connectivity index (χ2n) is 7.26. The molecular formula is C20H29N5O4. The molecule has 9 nitrogen and oxygen atoms in total. The van der Waals surface area contributed by atoms with Gasteiger partial charge in [0.2, 0.25) is 5.91 Å². The minimum atomic E-state index is -1.22. The van der Waals surface area contributed by atoms with Crippen molar-refractivity contribution in [2.45, 2.75) is 45.7 Å². The summed E-state index contributed by atoms with van der Waals surface area (Å²) in [6, 6.07) is 8.24. The van der Waals surface area contributed by atoms with Gasteiger partial charge in [0.1, 0.15) is 5.54 Å². The topological polar surface area (TPSA) is 111 Å². The van der Waals surface area contributed by atoms with Gasteiger partial charge in [-0.25, -0.2) is 4.79 Å². The van der Waals surface area contributed by atoms with Crippen molar-refractivity contribution in [1.82, 2.24) is 26.0 Å². The highest BCUT2D eigenvalue weighted by Crippen LogP contribution is 2.31. The minimum absolute atomic E-state index is 0.00102. The largest absolute Gasteiger partial charge is 0.353 e. The van der Waals surface area contributed by atoms with Gasteiger partial charge in [0.15, 0.2) is 0 Å². The number of likely N-dealkylation sites (N-methyl/N-ethyl adjacent to an activating group) is 1. The van der Waals surface area contributed by atoms with Crippen LogP contribution < -0.4 is 16.1 Å². The fraction of sp³-hybridized carbons (Fsp3) is 0.500. The van der Waals surface area contributed by atoms with Gasteiger partial charge < -0.3 is 10.6 Å². The molecule has 1 saturated heterocycles. The zero-order valence-corrected chi connectivity index (χ0v) is 17.3. The quantitative estimate of drug-likeness (QED) is 0.526. The molecule has 2 rings (SSSR count). The van der Waals surface area contributed by atoms with Crippen LogP contribution in [-0.2, 0) is 19.9 Å². The van der Waals surface area contributed by atoms with Gasteiger partial charge in [0, 0.05) is 6.04 Å². The van der Waals surface area contributed by atoms with E-state index in [-0.39, 0.29) is 25.0 Å². The molecule has 1 atom stereocenters. The van der Waals surface area contributed by atoms with Crippen molar-refractivity contribution in [3.05, 3.63) is 35.9 Å². The summed E-state index contributed by atoms with van der Waals surface area (Å²) in [6.07, 6.45) is 0.338. The summed E-state index contributed by atoms with van der Waals surface area (Å²) in [6.45, 7) is 7.71. The van der Waals surface area contributed by atoms with Crippen LogP contribution in [0.15, 0.2) is 30.3 Å². The van der Waals surface area contributed by atoms with Crippen molar-refractivity contribution in [3.8, 4) is 0 Å². The average molecular weight is 403 g/mol. The van der Waals surface area contributed by atoms with Gasteiger partial charge in [-0.2, -0.15) is 5.01 Å². The second-order valence-corrected chi connectivity index (χ2v) is 7.26. The van der Waals surface area contributed by atoms with Crippen LogP contribution in [0, 0.1) is 0 Å². The van der Waals surface area contributed by atoms with E-state index < -0.39 is 23.4 Å². The highest BCUT2D eigenvalue weighted by atomic mass is 16.2. The molecule has 3 N–H and O–H groups in total. The molecule has 158 valence electrons. The van der Waals surface area contributed by atoms with E-state index in [9.17, 15) is 19.2 Å². The molecule has 1 aliphatic rings. The van der Waals surface area contributed by atoms with Crippen LogP contribution in [-0.4, -0.2) is 59.3 Å². The van der Waals surface area contributed by atoms with Crippen LogP contribution in [0.2, 0.25) is 0 Å². The summed E-state index contributed by atoms with van der Waals surface area (Å²) < 4.78 is 0. The predicted octanol–water partition coefficient (Wildman–Crippen LogP) is 0.721. The fourth-order valence-electron chi connectivity index (χ4n) is 3.25. The molecule has 0 unspecified atom stereocenters. The Morgan fingerprint density at radius 2 is 1.72 bits per heavy atom. The Balaban J connectivity index is 2.05. The van der Waals surface area contributed by atoms with Gasteiger partial charge >= 0.3 is 6.03 Å². The van der Waals surface area contributed by atoms with Gasteiger partial charge in [-0.15, -0.1) is 0 Å². The summed E-state index contributed by atoms with van der Waals surface area (Å²) in [4.78, 5) is 51.4. The zero-order valence-electron chi connectivity index (χ0n) is 17.3. The van der Waals surface area contributed by atoms with Gasteiger partial charge in [-0.3, -0.25) is 24.7 Å². The summed E-state index contributed by atoms with van der Waals surface area (Å²) >= 11 is 0. The van der Waals surface area contributed by atoms with Crippen molar-refractivity contribution < 1.29 is 19.2 Å². The van der Waals surface area contributed by atoms with Gasteiger partial charge in [-0.05, 0) is 32.4 Å². The number of carbonyl (C=O) groups is 4. The molecule has 1 heterocycles. The number of imide groups is 1. The Hall–Kier alpha value is -2.94. The monoisotopic (exact) mass is 403 g/mol. The second kappa shape index (κ2) is 9.51. The molecule has 0 aromatic heterocycles. The van der Waals surface area contributed by atoms with E-state index in [1.807, 2.05) is 26.8 Å². The van der Waals surface area contributed by atoms with E-state index in [1.165, 1.54) is 0 Å². The van der Waals surface area contributed by atoms with Crippen molar-refractivity contribution in [3.63, 3.8) is 0 Å². The summed E-state index contributed by atoms with van der Waals surface area (Å²) in [5.41, 5.74) is 1.81. The molecule has 1 aromatic rings. The summed E-state index contributed by atoms with van der Waals surface area (Å²) in [5, 5.41) is 6.19. The first-order valence-electron chi connectivity index (χ1n) is 9.76. The first kappa shape index (κ1) is 22.4. The number of amides is 5. The molecule has 0 saturated carbocycles. The Kier molecular flexibility index (Phi) is 7.33. The third kappa shape index (κ3) is 5.11. The minimum Gasteiger partial charge on any atom is -0.353 e. The van der Waals surface area contributed by atoms with E-state index in [0.717, 1.165) is 5.01 Å². The van der Waals surface area contributed by atoms with Crippen LogP contribution in [0.25, 0.3) is 0 Å². The third-order valence-corrected chi connectivity index (χ3v) is 4.76. The Morgan fingerprint density at radius 1 is 1.10 bits per heavy atom. The maximum absolute atomic E-state index is 13.0. The van der Waals surface area contributed by atoms with Gasteiger partial charge in [0.25, 0.3) is 11.8 Å². The number of hydrogen-bond acceptors (Lipinski definition) is 5. The lowest BCUT2D eigenvalue weighted by Gasteiger charge is -2.26. The molecular weight excluding hydrogens is 374 g/mol. The number of urea groups is 1. The van der Waals surface area contributed by atoms with E-state index in [4.69, 9.17) is 0 Å². The lowest BCUT2D eigenvalue weighted by molar-refractivity contribution is -0.140. The molecule has 0 radical (unpaired) electrons. The maximum atomic E-state index is 13.0. The first-order chi connectivity index (χ1) is 13.7. The molecule has 9 heteroatoms. The number of nitrogens with zero attached hydrogens (tertiary/aromatic N) is 2. The molecule has 1 aliphatic heterocycles. The molecule has 0 aliphatic carbocycles. The van der Waals surface area contributed by atoms with Crippen LogP contribution in [0.5, 0.6) is 0 Å². The average Bonchev–Trinajstić information content (AvgIpc) is 2.92. The SMILES string of the molecule is CCN(CC(=O)NC(C)C)CC(=O)NN1C(=O)N[C@@](CC)(c2ccccc2)C1=O. The smallest absolute Gasteiger partial charge is 0.344 e. The summed E-state index contributed by atoms with van der Waals surface area (Å²) in [7, 11) is 0. The number of nitrogens with one attached hydrogen (secondary N) is 3. The molecule has 29 heavy (non-hydrogen) atoms. The highest BCUT2D eigenvalue weighted by molar-refractivity contribution is 6.08. The van der Waals surface area contributed by atoms with Crippen molar-refractivity contribution in [2.24, 2.45) is 0 Å². The Morgan fingerprint density at radius 3 is 2.28 bits per heavy atom. The van der Waals surface area contributed by atoms with Crippen molar-refractivity contribution in [2.75, 3.05) is 19.6 Å². The molecule has 1 fully saturated rings. The number of hydrogen-bond donors (Lipinski definition) is 3. The zero-order chi connectivity index (χ0) is 21.6. The van der Waals surface area contributed by atoms with Gasteiger partial charge in [-0.1, -0.05) is 44.2 Å². The number of benzene rings is 1. The van der Waals surface area contributed by atoms with E-state index in [0.29, 0.717) is 18.5 Å². The number of hydrazine groups is 1. The summed E-state index contributed by atoms with van der Waals surface area (Å²) in [5.74, 6) is -1.28. The van der Waals surface area contributed by atoms with Crippen LogP contribution >= 0.6 is 0 Å². The van der Waals surface area contributed by atoms with Crippen LogP contribution in [0.4, 0.5) is 4.79 Å². The van der Waals surface area contributed by atoms with E-state index >= 15 is 0 Å².